The van der Waals surface area contributed by atoms with E-state index in [0.29, 0.717) is 30.7 Å². The normalized spacial score (nSPS) is 18.0. The van der Waals surface area contributed by atoms with Gasteiger partial charge in [0.1, 0.15) is 11.6 Å². The summed E-state index contributed by atoms with van der Waals surface area (Å²) in [6.07, 6.45) is 0.542. The van der Waals surface area contributed by atoms with Crippen molar-refractivity contribution >= 4 is 28.2 Å². The van der Waals surface area contributed by atoms with E-state index in [-0.39, 0.29) is 11.3 Å². The number of ketones is 1. The van der Waals surface area contributed by atoms with Crippen LogP contribution in [0.4, 0.5) is 4.39 Å². The van der Waals surface area contributed by atoms with Gasteiger partial charge in [0.05, 0.1) is 11.6 Å². The summed E-state index contributed by atoms with van der Waals surface area (Å²) < 4.78 is 18.9. The van der Waals surface area contributed by atoms with Crippen LogP contribution in [0.25, 0.3) is 16.5 Å². The number of ether oxygens (including phenoxy) is 1. The molecule has 1 atom stereocenters. The first-order chi connectivity index (χ1) is 15.4. The first-order valence-corrected chi connectivity index (χ1v) is 10.5. The van der Waals surface area contributed by atoms with Crippen molar-refractivity contribution in [2.45, 2.75) is 19.4 Å². The molecule has 164 valence electrons. The van der Waals surface area contributed by atoms with Gasteiger partial charge < -0.3 is 14.7 Å². The highest BCUT2D eigenvalue weighted by Gasteiger charge is 2.46. The number of hydrogen-bond donors (Lipinski definition) is 1. The fourth-order valence-corrected chi connectivity index (χ4v) is 4.25. The van der Waals surface area contributed by atoms with Crippen molar-refractivity contribution in [2.24, 2.45) is 0 Å². The number of aliphatic hydroxyl groups excluding tert-OH is 1. The van der Waals surface area contributed by atoms with Gasteiger partial charge in [-0.15, -0.1) is 0 Å². The maximum Gasteiger partial charge on any atom is 0.295 e. The second-order valence-electron chi connectivity index (χ2n) is 7.87. The Hall–Kier alpha value is -3.51. The van der Waals surface area contributed by atoms with Crippen LogP contribution in [-0.4, -0.2) is 42.0 Å². The Morgan fingerprint density at radius 2 is 1.84 bits per heavy atom. The summed E-state index contributed by atoms with van der Waals surface area (Å²) in [6.45, 7) is 2.31. The van der Waals surface area contributed by atoms with E-state index in [0.717, 1.165) is 16.3 Å². The molecule has 0 aliphatic carbocycles. The van der Waals surface area contributed by atoms with E-state index in [1.165, 1.54) is 23.1 Å². The topological polar surface area (TPSA) is 66.8 Å². The second kappa shape index (κ2) is 8.93. The summed E-state index contributed by atoms with van der Waals surface area (Å²) in [5.41, 5.74) is 1.39. The van der Waals surface area contributed by atoms with E-state index >= 15 is 0 Å². The van der Waals surface area contributed by atoms with Gasteiger partial charge in [-0.1, -0.05) is 42.5 Å². The smallest absolute Gasteiger partial charge is 0.295 e. The molecule has 0 radical (unpaired) electrons. The number of benzene rings is 3. The van der Waals surface area contributed by atoms with Gasteiger partial charge in [0.25, 0.3) is 11.7 Å². The molecule has 1 fully saturated rings. The number of rotatable bonds is 6. The van der Waals surface area contributed by atoms with Crippen molar-refractivity contribution in [3.05, 3.63) is 88.7 Å². The third-order valence-electron chi connectivity index (χ3n) is 5.84. The Bertz CT molecular complexity index is 1230. The molecular weight excluding hydrogens is 409 g/mol. The van der Waals surface area contributed by atoms with Crippen LogP contribution in [-0.2, 0) is 14.3 Å². The van der Waals surface area contributed by atoms with Gasteiger partial charge in [-0.05, 0) is 53.4 Å². The minimum Gasteiger partial charge on any atom is -0.507 e. The first kappa shape index (κ1) is 21.7. The Labute approximate surface area is 185 Å². The van der Waals surface area contributed by atoms with Crippen molar-refractivity contribution in [2.75, 3.05) is 20.3 Å². The van der Waals surface area contributed by atoms with Crippen LogP contribution < -0.4 is 0 Å². The van der Waals surface area contributed by atoms with E-state index < -0.39 is 23.5 Å². The highest BCUT2D eigenvalue weighted by molar-refractivity contribution is 6.46. The number of carbonyl (C=O) groups is 2. The summed E-state index contributed by atoms with van der Waals surface area (Å²) in [7, 11) is 1.58. The van der Waals surface area contributed by atoms with E-state index in [4.69, 9.17) is 4.74 Å². The number of halogens is 1. The number of nitrogens with zero attached hydrogens (tertiary/aromatic N) is 1. The predicted molar refractivity (Wildman–Crippen MR) is 121 cm³/mol. The average Bonchev–Trinajstić information content (AvgIpc) is 3.05. The summed E-state index contributed by atoms with van der Waals surface area (Å²) in [6, 6.07) is 16.8. The molecule has 0 saturated carbocycles. The molecule has 1 unspecified atom stereocenters. The van der Waals surface area contributed by atoms with Crippen LogP contribution in [0.3, 0.4) is 0 Å². The Morgan fingerprint density at radius 3 is 2.59 bits per heavy atom. The van der Waals surface area contributed by atoms with Crippen molar-refractivity contribution < 1.29 is 23.8 Å². The highest BCUT2D eigenvalue weighted by Crippen LogP contribution is 2.42. The average molecular weight is 433 g/mol. The quantitative estimate of drug-likeness (QED) is 0.264. The molecule has 5 nitrogen and oxygen atoms in total. The van der Waals surface area contributed by atoms with E-state index in [9.17, 15) is 19.1 Å². The number of fused-ring (bicyclic) bond motifs is 1. The van der Waals surface area contributed by atoms with Gasteiger partial charge in [-0.25, -0.2) is 4.39 Å². The van der Waals surface area contributed by atoms with Crippen LogP contribution in [0.15, 0.2) is 66.2 Å². The van der Waals surface area contributed by atoms with Crippen molar-refractivity contribution in [1.82, 2.24) is 4.90 Å². The van der Waals surface area contributed by atoms with E-state index in [2.05, 4.69) is 0 Å². The number of aliphatic hydroxyl groups is 1. The lowest BCUT2D eigenvalue weighted by atomic mass is 9.91. The van der Waals surface area contributed by atoms with Crippen LogP contribution >= 0.6 is 0 Å². The Kier molecular flexibility index (Phi) is 6.06. The lowest BCUT2D eigenvalue weighted by molar-refractivity contribution is -0.140. The second-order valence-corrected chi connectivity index (χ2v) is 7.87. The zero-order valence-corrected chi connectivity index (χ0v) is 18.0. The molecule has 4 rings (SSSR count). The monoisotopic (exact) mass is 433 g/mol. The molecule has 0 aromatic heterocycles. The van der Waals surface area contributed by atoms with Crippen molar-refractivity contribution in [1.29, 1.82) is 0 Å². The van der Waals surface area contributed by atoms with Crippen molar-refractivity contribution in [3.8, 4) is 0 Å². The van der Waals surface area contributed by atoms with Crippen molar-refractivity contribution in [3.63, 3.8) is 0 Å². The molecule has 0 bridgehead atoms. The lowest BCUT2D eigenvalue weighted by Crippen LogP contribution is -2.31. The molecule has 32 heavy (non-hydrogen) atoms. The fraction of sp³-hybridized carbons (Fsp3) is 0.231. The zero-order valence-electron chi connectivity index (χ0n) is 18.0. The Morgan fingerprint density at radius 1 is 1.09 bits per heavy atom. The van der Waals surface area contributed by atoms with Gasteiger partial charge in [-0.2, -0.15) is 0 Å². The number of likely N-dealkylation sites (tertiary alicyclic amines) is 1. The molecule has 3 aromatic rings. The van der Waals surface area contributed by atoms with Crippen LogP contribution in [0.2, 0.25) is 0 Å². The third kappa shape index (κ3) is 3.78. The SMILES string of the molecule is COCCCN1C(=O)C(=O)/C(=C(\O)c2ccc(F)c(C)c2)C1c1cccc2ccccc12. The van der Waals surface area contributed by atoms with Gasteiger partial charge in [0.2, 0.25) is 0 Å². The van der Waals surface area contributed by atoms with Crippen LogP contribution in [0.1, 0.15) is 29.2 Å². The maximum absolute atomic E-state index is 13.8. The molecule has 0 spiro atoms. The molecule has 1 heterocycles. The van der Waals surface area contributed by atoms with E-state index in [1.54, 1.807) is 14.0 Å². The largest absolute Gasteiger partial charge is 0.507 e. The number of methoxy groups -OCH3 is 1. The minimum absolute atomic E-state index is 0.00905. The molecular formula is C26H24FNO4. The summed E-state index contributed by atoms with van der Waals surface area (Å²) in [4.78, 5) is 27.6. The number of aryl methyl sites for hydroxylation is 1. The van der Waals surface area contributed by atoms with Gasteiger partial charge in [-0.3, -0.25) is 9.59 Å². The van der Waals surface area contributed by atoms with Gasteiger partial charge in [0.15, 0.2) is 0 Å². The molecule has 1 N–H and O–H groups in total. The number of hydrogen-bond acceptors (Lipinski definition) is 4. The molecule has 1 aliphatic heterocycles. The third-order valence-corrected chi connectivity index (χ3v) is 5.84. The molecule has 1 saturated heterocycles. The Balaban J connectivity index is 1.93. The number of Topliss-reactive ketones (excluding diaryl/α,β-unsaturated/α-hetero) is 1. The zero-order chi connectivity index (χ0) is 22.8. The van der Waals surface area contributed by atoms with Crippen LogP contribution in [0, 0.1) is 12.7 Å². The van der Waals surface area contributed by atoms with Crippen LogP contribution in [0.5, 0.6) is 0 Å². The molecule has 1 aliphatic rings. The first-order valence-electron chi connectivity index (χ1n) is 10.5. The van der Waals surface area contributed by atoms with E-state index in [1.807, 2.05) is 42.5 Å². The van der Waals surface area contributed by atoms with Gasteiger partial charge in [0, 0.05) is 25.8 Å². The summed E-state index contributed by atoms with van der Waals surface area (Å²) in [5.74, 6) is -2.13. The standard InChI is InChI=1S/C26H24FNO4/c1-16-15-18(11-12-21(16)27)24(29)22-23(28(13-6-14-32-2)26(31)25(22)30)20-10-5-8-17-7-3-4-9-19(17)20/h3-5,7-12,15,23,29H,6,13-14H2,1-2H3/b24-22-. The number of amides is 1. The molecule has 3 aromatic carbocycles. The molecule has 1 amide bonds. The summed E-state index contributed by atoms with van der Waals surface area (Å²) >= 11 is 0. The summed E-state index contributed by atoms with van der Waals surface area (Å²) in [5, 5.41) is 13.0. The number of carbonyl (C=O) groups excluding carboxylic acids is 2. The van der Waals surface area contributed by atoms with Gasteiger partial charge >= 0.3 is 0 Å². The lowest BCUT2D eigenvalue weighted by Gasteiger charge is -2.26. The fourth-order valence-electron chi connectivity index (χ4n) is 4.25. The molecule has 6 heteroatoms. The maximum atomic E-state index is 13.8. The predicted octanol–water partition coefficient (Wildman–Crippen LogP) is 4.75. The highest BCUT2D eigenvalue weighted by atomic mass is 19.1. The minimum atomic E-state index is -0.761.